The number of aromatic nitrogens is 2. The van der Waals surface area contributed by atoms with Gasteiger partial charge in [0, 0.05) is 41.3 Å². The molecule has 1 aliphatic heterocycles. The quantitative estimate of drug-likeness (QED) is 0.511. The number of nitrogens with zero attached hydrogens (tertiary/aromatic N) is 3. The van der Waals surface area contributed by atoms with Crippen LogP contribution in [0.25, 0.3) is 22.0 Å². The van der Waals surface area contributed by atoms with Crippen LogP contribution < -0.4 is 4.90 Å². The highest BCUT2D eigenvalue weighted by Gasteiger charge is 2.25. The van der Waals surface area contributed by atoms with Crippen LogP contribution in [-0.2, 0) is 20.0 Å². The van der Waals surface area contributed by atoms with Crippen LogP contribution in [0.1, 0.15) is 11.3 Å². The van der Waals surface area contributed by atoms with Crippen molar-refractivity contribution in [1.29, 1.82) is 0 Å². The first-order valence-corrected chi connectivity index (χ1v) is 8.45. The SMILES string of the molecule is Cn1c2c(c3ccccc31)CCN(c1nc3ccc(Cl)cc3o1)C2. The molecule has 0 aliphatic carbocycles. The summed E-state index contributed by atoms with van der Waals surface area (Å²) in [7, 11) is 2.14. The van der Waals surface area contributed by atoms with Gasteiger partial charge >= 0.3 is 0 Å². The van der Waals surface area contributed by atoms with Crippen molar-refractivity contribution in [3.05, 3.63) is 58.7 Å². The highest BCUT2D eigenvalue weighted by Crippen LogP contribution is 2.33. The molecule has 4 aromatic rings. The maximum absolute atomic E-state index is 6.04. The topological polar surface area (TPSA) is 34.2 Å². The Balaban J connectivity index is 1.58. The van der Waals surface area contributed by atoms with E-state index in [1.165, 1.54) is 22.2 Å². The number of aryl methyl sites for hydroxylation is 1. The standard InChI is InChI=1S/C19H16ClN3O/c1-22-16-5-3-2-4-13(16)14-8-9-23(11-17(14)22)19-21-15-7-6-12(20)10-18(15)24-19/h2-7,10H,8-9,11H2,1H3. The molecule has 0 saturated heterocycles. The minimum atomic E-state index is 0.666. The highest BCUT2D eigenvalue weighted by atomic mass is 35.5. The molecule has 5 rings (SSSR count). The van der Waals surface area contributed by atoms with Gasteiger partial charge in [-0.3, -0.25) is 0 Å². The largest absolute Gasteiger partial charge is 0.423 e. The Hall–Kier alpha value is -2.46. The number of benzene rings is 2. The fourth-order valence-corrected chi connectivity index (χ4v) is 3.86. The summed E-state index contributed by atoms with van der Waals surface area (Å²) in [5.41, 5.74) is 5.65. The van der Waals surface area contributed by atoms with E-state index in [9.17, 15) is 0 Å². The number of fused-ring (bicyclic) bond motifs is 4. The lowest BCUT2D eigenvalue weighted by Crippen LogP contribution is -2.31. The molecule has 0 atom stereocenters. The van der Waals surface area contributed by atoms with Gasteiger partial charge in [0.2, 0.25) is 0 Å². The lowest BCUT2D eigenvalue weighted by molar-refractivity contribution is 0.548. The van der Waals surface area contributed by atoms with Gasteiger partial charge < -0.3 is 13.9 Å². The second kappa shape index (κ2) is 5.02. The number of oxazole rings is 1. The molecule has 1 aliphatic rings. The summed E-state index contributed by atoms with van der Waals surface area (Å²) in [5.74, 6) is 0. The van der Waals surface area contributed by atoms with Crippen LogP contribution in [0, 0.1) is 0 Å². The third kappa shape index (κ3) is 1.96. The zero-order valence-corrected chi connectivity index (χ0v) is 14.0. The van der Waals surface area contributed by atoms with E-state index in [0.717, 1.165) is 30.6 Å². The van der Waals surface area contributed by atoms with Crippen LogP contribution in [0.15, 0.2) is 46.9 Å². The Bertz CT molecular complexity index is 1080. The van der Waals surface area contributed by atoms with Gasteiger partial charge in [0.1, 0.15) is 5.52 Å². The monoisotopic (exact) mass is 337 g/mol. The second-order valence-corrected chi connectivity index (χ2v) is 6.72. The molecule has 2 aromatic heterocycles. The lowest BCUT2D eigenvalue weighted by Gasteiger charge is -2.26. The van der Waals surface area contributed by atoms with Crippen molar-refractivity contribution in [1.82, 2.24) is 9.55 Å². The van der Waals surface area contributed by atoms with Crippen molar-refractivity contribution in [3.63, 3.8) is 0 Å². The molecule has 2 aromatic carbocycles. The smallest absolute Gasteiger partial charge is 0.298 e. The van der Waals surface area contributed by atoms with E-state index in [2.05, 4.69) is 45.8 Å². The van der Waals surface area contributed by atoms with E-state index in [-0.39, 0.29) is 0 Å². The number of hydrogen-bond donors (Lipinski definition) is 0. The summed E-state index contributed by atoms with van der Waals surface area (Å²) in [4.78, 5) is 6.83. The van der Waals surface area contributed by atoms with Crippen molar-refractivity contribution < 1.29 is 4.42 Å². The van der Waals surface area contributed by atoms with Crippen molar-refractivity contribution >= 4 is 39.6 Å². The first kappa shape index (κ1) is 13.9. The molecule has 0 unspecified atom stereocenters. The van der Waals surface area contributed by atoms with E-state index in [1.54, 1.807) is 0 Å². The lowest BCUT2D eigenvalue weighted by atomic mass is 10.0. The summed E-state index contributed by atoms with van der Waals surface area (Å²) < 4.78 is 8.23. The minimum absolute atomic E-state index is 0.666. The van der Waals surface area contributed by atoms with E-state index in [4.69, 9.17) is 16.0 Å². The van der Waals surface area contributed by atoms with Crippen LogP contribution in [0.5, 0.6) is 0 Å². The molecule has 0 saturated carbocycles. The van der Waals surface area contributed by atoms with Gasteiger partial charge in [0.15, 0.2) is 5.58 Å². The summed E-state index contributed by atoms with van der Waals surface area (Å²) in [6.45, 7) is 1.71. The molecule has 0 fully saturated rings. The summed E-state index contributed by atoms with van der Waals surface area (Å²) >= 11 is 6.04. The Morgan fingerprint density at radius 1 is 1.17 bits per heavy atom. The Morgan fingerprint density at radius 2 is 2.04 bits per heavy atom. The van der Waals surface area contributed by atoms with Gasteiger partial charge in [-0.25, -0.2) is 0 Å². The fraction of sp³-hybridized carbons (Fsp3) is 0.211. The normalized spacial score (nSPS) is 14.5. The van der Waals surface area contributed by atoms with Gasteiger partial charge in [-0.15, -0.1) is 0 Å². The Morgan fingerprint density at radius 3 is 2.96 bits per heavy atom. The van der Waals surface area contributed by atoms with Crippen LogP contribution in [-0.4, -0.2) is 16.1 Å². The first-order valence-electron chi connectivity index (χ1n) is 8.07. The van der Waals surface area contributed by atoms with Gasteiger partial charge in [-0.05, 0) is 30.2 Å². The third-order valence-electron chi connectivity index (χ3n) is 4.93. The third-order valence-corrected chi connectivity index (χ3v) is 5.16. The molecule has 0 radical (unpaired) electrons. The summed E-state index contributed by atoms with van der Waals surface area (Å²) in [5, 5.41) is 2.03. The number of anilines is 1. The second-order valence-electron chi connectivity index (χ2n) is 6.28. The molecule has 0 bridgehead atoms. The van der Waals surface area contributed by atoms with Crippen LogP contribution in [0.3, 0.4) is 0 Å². The van der Waals surface area contributed by atoms with E-state index in [1.807, 2.05) is 18.2 Å². The average molecular weight is 338 g/mol. The predicted molar refractivity (Wildman–Crippen MR) is 96.7 cm³/mol. The maximum Gasteiger partial charge on any atom is 0.298 e. The van der Waals surface area contributed by atoms with Gasteiger partial charge in [-0.1, -0.05) is 29.8 Å². The highest BCUT2D eigenvalue weighted by molar-refractivity contribution is 6.31. The predicted octanol–water partition coefficient (Wildman–Crippen LogP) is 4.54. The van der Waals surface area contributed by atoms with Gasteiger partial charge in [0.25, 0.3) is 6.01 Å². The number of hydrogen-bond acceptors (Lipinski definition) is 3. The van der Waals surface area contributed by atoms with Gasteiger partial charge in [-0.2, -0.15) is 4.98 Å². The molecular formula is C19H16ClN3O. The first-order chi connectivity index (χ1) is 11.7. The molecule has 0 N–H and O–H groups in total. The van der Waals surface area contributed by atoms with E-state index < -0.39 is 0 Å². The molecule has 120 valence electrons. The van der Waals surface area contributed by atoms with Crippen molar-refractivity contribution in [3.8, 4) is 0 Å². The van der Waals surface area contributed by atoms with Crippen LogP contribution in [0.4, 0.5) is 6.01 Å². The van der Waals surface area contributed by atoms with Crippen LogP contribution >= 0.6 is 11.6 Å². The number of halogens is 1. The zero-order valence-electron chi connectivity index (χ0n) is 13.3. The minimum Gasteiger partial charge on any atom is -0.423 e. The Labute approximate surface area is 144 Å². The maximum atomic E-state index is 6.04. The molecular weight excluding hydrogens is 322 g/mol. The van der Waals surface area contributed by atoms with Crippen molar-refractivity contribution in [2.45, 2.75) is 13.0 Å². The molecule has 24 heavy (non-hydrogen) atoms. The molecule has 0 amide bonds. The summed E-state index contributed by atoms with van der Waals surface area (Å²) in [6.07, 6.45) is 0.996. The van der Waals surface area contributed by atoms with E-state index >= 15 is 0 Å². The van der Waals surface area contributed by atoms with Crippen molar-refractivity contribution in [2.24, 2.45) is 7.05 Å². The molecule has 3 heterocycles. The number of para-hydroxylation sites is 1. The van der Waals surface area contributed by atoms with Crippen molar-refractivity contribution in [2.75, 3.05) is 11.4 Å². The Kier molecular flexibility index (Phi) is 2.91. The molecule has 4 nitrogen and oxygen atoms in total. The summed E-state index contributed by atoms with van der Waals surface area (Å²) in [6, 6.07) is 14.8. The fourth-order valence-electron chi connectivity index (χ4n) is 3.70. The van der Waals surface area contributed by atoms with E-state index in [0.29, 0.717) is 11.0 Å². The number of rotatable bonds is 1. The molecule has 0 spiro atoms. The van der Waals surface area contributed by atoms with Gasteiger partial charge in [0.05, 0.1) is 6.54 Å². The zero-order chi connectivity index (χ0) is 16.3. The average Bonchev–Trinajstić information content (AvgIpc) is 3.15. The van der Waals surface area contributed by atoms with Crippen LogP contribution in [0.2, 0.25) is 5.02 Å². The molecule has 5 heteroatoms.